The molecule has 7 heteroatoms. The molecule has 1 aliphatic rings. The number of piperidine rings is 1. The summed E-state index contributed by atoms with van der Waals surface area (Å²) in [7, 11) is 5.61. The van der Waals surface area contributed by atoms with E-state index in [0.717, 1.165) is 12.8 Å². The molecular weight excluding hydrogens is 262 g/mol. The number of hydrogen-bond donors (Lipinski definition) is 1. The zero-order chi connectivity index (χ0) is 15.1. The van der Waals surface area contributed by atoms with Crippen molar-refractivity contribution in [3.05, 3.63) is 0 Å². The van der Waals surface area contributed by atoms with Crippen LogP contribution in [0.1, 0.15) is 12.8 Å². The second-order valence-corrected chi connectivity index (χ2v) is 5.27. The molecule has 1 N–H and O–H groups in total. The lowest BCUT2D eigenvalue weighted by Gasteiger charge is -2.37. The lowest BCUT2D eigenvalue weighted by Crippen LogP contribution is -2.51. The van der Waals surface area contributed by atoms with Crippen molar-refractivity contribution in [1.82, 2.24) is 14.7 Å². The van der Waals surface area contributed by atoms with Crippen molar-refractivity contribution >= 4 is 12.0 Å². The van der Waals surface area contributed by atoms with Gasteiger partial charge in [0.25, 0.3) is 0 Å². The van der Waals surface area contributed by atoms with E-state index in [9.17, 15) is 9.59 Å². The Hall–Kier alpha value is -1.34. The number of urea groups is 1. The van der Waals surface area contributed by atoms with Gasteiger partial charge in [-0.05, 0) is 26.9 Å². The first-order chi connectivity index (χ1) is 9.45. The van der Waals surface area contributed by atoms with E-state index in [1.54, 1.807) is 4.90 Å². The maximum atomic E-state index is 12.3. The Morgan fingerprint density at radius 1 is 1.30 bits per heavy atom. The number of aliphatic carboxylic acids is 1. The van der Waals surface area contributed by atoms with Gasteiger partial charge in [0.05, 0.1) is 6.61 Å². The molecule has 1 rings (SSSR count). The summed E-state index contributed by atoms with van der Waals surface area (Å²) in [6.07, 6.45) is 1.84. The first-order valence-corrected chi connectivity index (χ1v) is 6.86. The molecular formula is C13H25N3O4. The summed E-state index contributed by atoms with van der Waals surface area (Å²) >= 11 is 0. The van der Waals surface area contributed by atoms with Crippen molar-refractivity contribution in [2.24, 2.45) is 0 Å². The third kappa shape index (κ3) is 4.97. The third-order valence-corrected chi connectivity index (χ3v) is 3.63. The van der Waals surface area contributed by atoms with Crippen molar-refractivity contribution in [3.63, 3.8) is 0 Å². The Kier molecular flexibility index (Phi) is 6.74. The number of ether oxygens (including phenoxy) is 1. The number of methoxy groups -OCH3 is 1. The van der Waals surface area contributed by atoms with Crippen molar-refractivity contribution in [3.8, 4) is 0 Å². The van der Waals surface area contributed by atoms with Crippen LogP contribution in [0.5, 0.6) is 0 Å². The molecule has 0 aromatic heterocycles. The maximum absolute atomic E-state index is 12.3. The van der Waals surface area contributed by atoms with Crippen LogP contribution in [0, 0.1) is 0 Å². The van der Waals surface area contributed by atoms with E-state index in [2.05, 4.69) is 4.90 Å². The van der Waals surface area contributed by atoms with Gasteiger partial charge in [-0.3, -0.25) is 4.79 Å². The van der Waals surface area contributed by atoms with E-state index >= 15 is 0 Å². The molecule has 0 radical (unpaired) electrons. The topological polar surface area (TPSA) is 73.3 Å². The zero-order valence-corrected chi connectivity index (χ0v) is 12.5. The SMILES string of the molecule is COCCN(CC(=O)O)C(=O)N1CCC(N(C)C)CC1. The Bertz CT molecular complexity index is 328. The normalized spacial score (nSPS) is 16.5. The molecule has 0 saturated carbocycles. The molecule has 7 nitrogen and oxygen atoms in total. The van der Waals surface area contributed by atoms with E-state index in [1.165, 1.54) is 12.0 Å². The van der Waals surface area contributed by atoms with Gasteiger partial charge in [0.2, 0.25) is 0 Å². The fourth-order valence-corrected chi connectivity index (χ4v) is 2.38. The third-order valence-electron chi connectivity index (χ3n) is 3.63. The van der Waals surface area contributed by atoms with Crippen molar-refractivity contribution in [2.75, 3.05) is 54.0 Å². The van der Waals surface area contributed by atoms with Gasteiger partial charge in [-0.15, -0.1) is 0 Å². The number of carbonyl (C=O) groups is 2. The lowest BCUT2D eigenvalue weighted by atomic mass is 10.0. The summed E-state index contributed by atoms with van der Waals surface area (Å²) in [6.45, 7) is 1.70. The van der Waals surface area contributed by atoms with E-state index in [0.29, 0.717) is 32.3 Å². The average molecular weight is 287 g/mol. The predicted octanol–water partition coefficient (Wildman–Crippen LogP) is 0.165. The van der Waals surface area contributed by atoms with Gasteiger partial charge in [-0.1, -0.05) is 0 Å². The van der Waals surface area contributed by atoms with Crippen LogP contribution in [-0.4, -0.2) is 91.8 Å². The number of nitrogens with zero attached hydrogens (tertiary/aromatic N) is 3. The average Bonchev–Trinajstić information content (AvgIpc) is 2.42. The van der Waals surface area contributed by atoms with E-state index < -0.39 is 5.97 Å². The van der Waals surface area contributed by atoms with Gasteiger partial charge in [0, 0.05) is 32.8 Å². The fraction of sp³-hybridized carbons (Fsp3) is 0.846. The van der Waals surface area contributed by atoms with Gasteiger partial charge in [-0.2, -0.15) is 0 Å². The summed E-state index contributed by atoms with van der Waals surface area (Å²) in [5, 5.41) is 8.89. The molecule has 1 saturated heterocycles. The predicted molar refractivity (Wildman–Crippen MR) is 74.8 cm³/mol. The second-order valence-electron chi connectivity index (χ2n) is 5.27. The van der Waals surface area contributed by atoms with Crippen molar-refractivity contribution in [2.45, 2.75) is 18.9 Å². The minimum absolute atomic E-state index is 0.207. The second kappa shape index (κ2) is 8.06. The largest absolute Gasteiger partial charge is 0.480 e. The van der Waals surface area contributed by atoms with Crippen LogP contribution in [0.4, 0.5) is 4.79 Å². The van der Waals surface area contributed by atoms with Crippen molar-refractivity contribution < 1.29 is 19.4 Å². The summed E-state index contributed by atoms with van der Waals surface area (Å²) in [4.78, 5) is 28.4. The number of amides is 2. The highest BCUT2D eigenvalue weighted by atomic mass is 16.5. The zero-order valence-electron chi connectivity index (χ0n) is 12.5. The number of rotatable bonds is 6. The molecule has 0 aromatic carbocycles. The monoisotopic (exact) mass is 287 g/mol. The van der Waals surface area contributed by atoms with Crippen LogP contribution in [0.25, 0.3) is 0 Å². The molecule has 0 atom stereocenters. The fourth-order valence-electron chi connectivity index (χ4n) is 2.38. The summed E-state index contributed by atoms with van der Waals surface area (Å²) in [6, 6.07) is 0.285. The Morgan fingerprint density at radius 3 is 2.35 bits per heavy atom. The Balaban J connectivity index is 2.54. The molecule has 2 amide bonds. The van der Waals surface area contributed by atoms with Crippen LogP contribution in [0.2, 0.25) is 0 Å². The minimum Gasteiger partial charge on any atom is -0.480 e. The highest BCUT2D eigenvalue weighted by Gasteiger charge is 2.27. The highest BCUT2D eigenvalue weighted by Crippen LogP contribution is 2.15. The number of likely N-dealkylation sites (tertiary alicyclic amines) is 1. The minimum atomic E-state index is -1.00. The van der Waals surface area contributed by atoms with Crippen molar-refractivity contribution in [1.29, 1.82) is 0 Å². The summed E-state index contributed by atoms with van der Waals surface area (Å²) in [5.74, 6) is -1.00. The molecule has 20 heavy (non-hydrogen) atoms. The molecule has 1 fully saturated rings. The van der Waals surface area contributed by atoms with Gasteiger partial charge >= 0.3 is 12.0 Å². The molecule has 1 aliphatic heterocycles. The summed E-state index contributed by atoms with van der Waals surface area (Å²) < 4.78 is 4.93. The number of carboxylic acids is 1. The van der Waals surface area contributed by atoms with E-state index in [1.807, 2.05) is 14.1 Å². The number of carbonyl (C=O) groups excluding carboxylic acids is 1. The van der Waals surface area contributed by atoms with Crippen LogP contribution in [0.3, 0.4) is 0 Å². The molecule has 0 aliphatic carbocycles. The maximum Gasteiger partial charge on any atom is 0.323 e. The first kappa shape index (κ1) is 16.7. The van der Waals surface area contributed by atoms with Gasteiger partial charge in [0.15, 0.2) is 0 Å². The molecule has 0 unspecified atom stereocenters. The molecule has 0 spiro atoms. The lowest BCUT2D eigenvalue weighted by molar-refractivity contribution is -0.137. The van der Waals surface area contributed by atoms with Gasteiger partial charge < -0.3 is 24.5 Å². The van der Waals surface area contributed by atoms with E-state index in [-0.39, 0.29) is 12.6 Å². The quantitative estimate of drug-likeness (QED) is 0.753. The smallest absolute Gasteiger partial charge is 0.323 e. The van der Waals surface area contributed by atoms with Crippen LogP contribution in [0.15, 0.2) is 0 Å². The van der Waals surface area contributed by atoms with Crippen LogP contribution in [-0.2, 0) is 9.53 Å². The Labute approximate surface area is 120 Å². The van der Waals surface area contributed by atoms with Crippen LogP contribution < -0.4 is 0 Å². The van der Waals surface area contributed by atoms with Gasteiger partial charge in [0.1, 0.15) is 6.54 Å². The highest BCUT2D eigenvalue weighted by molar-refractivity contribution is 5.80. The van der Waals surface area contributed by atoms with E-state index in [4.69, 9.17) is 9.84 Å². The molecule has 0 aromatic rings. The Morgan fingerprint density at radius 2 is 1.90 bits per heavy atom. The molecule has 1 heterocycles. The standard InChI is InChI=1S/C13H25N3O4/c1-14(2)11-4-6-15(7-5-11)13(19)16(8-9-20-3)10-12(17)18/h11H,4-10H2,1-3H3,(H,17,18). The number of carboxylic acid groups (broad SMARTS) is 1. The first-order valence-electron chi connectivity index (χ1n) is 6.86. The molecule has 0 bridgehead atoms. The van der Waals surface area contributed by atoms with Crippen LogP contribution >= 0.6 is 0 Å². The van der Waals surface area contributed by atoms with Gasteiger partial charge in [-0.25, -0.2) is 4.79 Å². The molecule has 116 valence electrons. The number of hydrogen-bond acceptors (Lipinski definition) is 4. The summed E-state index contributed by atoms with van der Waals surface area (Å²) in [5.41, 5.74) is 0.